The van der Waals surface area contributed by atoms with Crippen LogP contribution >= 0.6 is 0 Å². The summed E-state index contributed by atoms with van der Waals surface area (Å²) in [5.74, 6) is 0. The number of likely N-dealkylation sites (tertiary alicyclic amines) is 2. The third kappa shape index (κ3) is 4.24. The predicted molar refractivity (Wildman–Crippen MR) is 90.1 cm³/mol. The Morgan fingerprint density at radius 3 is 2.57 bits per heavy atom. The van der Waals surface area contributed by atoms with Gasteiger partial charge in [-0.05, 0) is 31.2 Å². The Morgan fingerprint density at radius 1 is 1.13 bits per heavy atom. The highest BCUT2D eigenvalue weighted by atomic mass is 16.3. The molecule has 5 nitrogen and oxygen atoms in total. The maximum Gasteiger partial charge on any atom is 0.317 e. The molecule has 0 aromatic heterocycles. The number of benzene rings is 1. The van der Waals surface area contributed by atoms with Crippen molar-refractivity contribution in [2.45, 2.75) is 44.3 Å². The van der Waals surface area contributed by atoms with Gasteiger partial charge < -0.3 is 15.3 Å². The molecule has 0 saturated carbocycles. The number of rotatable bonds is 4. The molecule has 0 bridgehead atoms. The van der Waals surface area contributed by atoms with Gasteiger partial charge in [-0.15, -0.1) is 0 Å². The average Bonchev–Trinajstić information content (AvgIpc) is 3.06. The van der Waals surface area contributed by atoms with E-state index in [2.05, 4.69) is 34.5 Å². The van der Waals surface area contributed by atoms with E-state index in [9.17, 15) is 9.90 Å². The molecule has 2 N–H and O–H groups in total. The van der Waals surface area contributed by atoms with E-state index in [1.165, 1.54) is 5.56 Å². The predicted octanol–water partition coefficient (Wildman–Crippen LogP) is 1.82. The molecule has 1 aromatic rings. The maximum atomic E-state index is 12.3. The van der Waals surface area contributed by atoms with Crippen molar-refractivity contribution in [3.8, 4) is 0 Å². The fourth-order valence-electron chi connectivity index (χ4n) is 3.63. The topological polar surface area (TPSA) is 55.8 Å². The molecule has 2 amide bonds. The first-order chi connectivity index (χ1) is 11.3. The highest BCUT2D eigenvalue weighted by Crippen LogP contribution is 2.18. The summed E-state index contributed by atoms with van der Waals surface area (Å²) < 4.78 is 0. The van der Waals surface area contributed by atoms with Crippen LogP contribution in [0.15, 0.2) is 30.3 Å². The van der Waals surface area contributed by atoms with Crippen molar-refractivity contribution in [2.75, 3.05) is 26.2 Å². The normalized spacial score (nSPS) is 23.2. The van der Waals surface area contributed by atoms with Gasteiger partial charge in [0.15, 0.2) is 0 Å². The third-order valence-electron chi connectivity index (χ3n) is 5.01. The van der Waals surface area contributed by atoms with Gasteiger partial charge in [-0.1, -0.05) is 30.3 Å². The first-order valence-electron chi connectivity index (χ1n) is 8.70. The standard InChI is InChI=1S/C18H27N3O2/c22-14-17-7-4-10-21(17)18(23)19-16-8-11-20(12-9-16)13-15-5-2-1-3-6-15/h1-3,5-6,16-17,22H,4,7-14H2,(H,19,23). The molecule has 0 aliphatic carbocycles. The molecular weight excluding hydrogens is 290 g/mol. The van der Waals surface area contributed by atoms with E-state index < -0.39 is 0 Å². The number of aliphatic hydroxyl groups is 1. The smallest absolute Gasteiger partial charge is 0.317 e. The minimum atomic E-state index is 0.00283. The van der Waals surface area contributed by atoms with Crippen molar-refractivity contribution in [3.63, 3.8) is 0 Å². The van der Waals surface area contributed by atoms with Gasteiger partial charge >= 0.3 is 6.03 Å². The quantitative estimate of drug-likeness (QED) is 0.890. The van der Waals surface area contributed by atoms with E-state index in [0.29, 0.717) is 0 Å². The first kappa shape index (κ1) is 16.3. The molecule has 5 heteroatoms. The summed E-state index contributed by atoms with van der Waals surface area (Å²) in [5.41, 5.74) is 1.35. The van der Waals surface area contributed by atoms with Gasteiger partial charge in [0.1, 0.15) is 0 Å². The lowest BCUT2D eigenvalue weighted by Crippen LogP contribution is -2.50. The molecule has 126 valence electrons. The summed E-state index contributed by atoms with van der Waals surface area (Å²) in [4.78, 5) is 16.6. The number of nitrogens with zero attached hydrogens (tertiary/aromatic N) is 2. The number of carbonyl (C=O) groups is 1. The monoisotopic (exact) mass is 317 g/mol. The van der Waals surface area contributed by atoms with Crippen LogP contribution in [-0.2, 0) is 6.54 Å². The summed E-state index contributed by atoms with van der Waals surface area (Å²) in [5, 5.41) is 12.5. The molecule has 23 heavy (non-hydrogen) atoms. The molecule has 1 atom stereocenters. The minimum absolute atomic E-state index is 0.00283. The zero-order chi connectivity index (χ0) is 16.1. The molecule has 3 rings (SSSR count). The lowest BCUT2D eigenvalue weighted by molar-refractivity contribution is 0.145. The lowest BCUT2D eigenvalue weighted by atomic mass is 10.0. The third-order valence-corrected chi connectivity index (χ3v) is 5.01. The lowest BCUT2D eigenvalue weighted by Gasteiger charge is -2.34. The van der Waals surface area contributed by atoms with E-state index in [4.69, 9.17) is 0 Å². The number of urea groups is 1. The van der Waals surface area contributed by atoms with Crippen LogP contribution in [0.2, 0.25) is 0 Å². The Morgan fingerprint density at radius 2 is 1.87 bits per heavy atom. The van der Waals surface area contributed by atoms with Gasteiger partial charge in [0.25, 0.3) is 0 Å². The van der Waals surface area contributed by atoms with Crippen molar-refractivity contribution in [3.05, 3.63) is 35.9 Å². The average molecular weight is 317 g/mol. The maximum absolute atomic E-state index is 12.3. The van der Waals surface area contributed by atoms with Crippen molar-refractivity contribution in [2.24, 2.45) is 0 Å². The molecule has 1 aromatic carbocycles. The number of amides is 2. The number of nitrogens with one attached hydrogen (secondary N) is 1. The summed E-state index contributed by atoms with van der Waals surface area (Å²) in [6.45, 7) is 3.86. The Labute approximate surface area is 138 Å². The van der Waals surface area contributed by atoms with E-state index in [1.54, 1.807) is 4.90 Å². The highest BCUT2D eigenvalue weighted by molar-refractivity contribution is 5.75. The van der Waals surface area contributed by atoms with Crippen LogP contribution in [0, 0.1) is 0 Å². The van der Waals surface area contributed by atoms with Gasteiger partial charge in [0.05, 0.1) is 12.6 Å². The zero-order valence-corrected chi connectivity index (χ0v) is 13.7. The Balaban J connectivity index is 1.43. The zero-order valence-electron chi connectivity index (χ0n) is 13.7. The largest absolute Gasteiger partial charge is 0.394 e. The van der Waals surface area contributed by atoms with Gasteiger partial charge in [0, 0.05) is 32.2 Å². The minimum Gasteiger partial charge on any atom is -0.394 e. The van der Waals surface area contributed by atoms with Gasteiger partial charge in [0.2, 0.25) is 0 Å². The summed E-state index contributed by atoms with van der Waals surface area (Å²) in [6.07, 6.45) is 3.90. The summed E-state index contributed by atoms with van der Waals surface area (Å²) >= 11 is 0. The van der Waals surface area contributed by atoms with Gasteiger partial charge in [-0.25, -0.2) is 4.79 Å². The molecule has 0 spiro atoms. The number of aliphatic hydroxyl groups excluding tert-OH is 1. The van der Waals surface area contributed by atoms with E-state index in [1.807, 2.05) is 6.07 Å². The second-order valence-electron chi connectivity index (χ2n) is 6.66. The number of piperidine rings is 1. The van der Waals surface area contributed by atoms with Crippen molar-refractivity contribution >= 4 is 6.03 Å². The van der Waals surface area contributed by atoms with E-state index in [0.717, 1.165) is 51.9 Å². The van der Waals surface area contributed by atoms with Crippen LogP contribution in [0.4, 0.5) is 4.79 Å². The van der Waals surface area contributed by atoms with Crippen molar-refractivity contribution < 1.29 is 9.90 Å². The molecule has 0 radical (unpaired) electrons. The number of hydrogen-bond donors (Lipinski definition) is 2. The van der Waals surface area contributed by atoms with Crippen LogP contribution < -0.4 is 5.32 Å². The summed E-state index contributed by atoms with van der Waals surface area (Å²) in [6, 6.07) is 10.8. The van der Waals surface area contributed by atoms with Crippen LogP contribution in [0.25, 0.3) is 0 Å². The van der Waals surface area contributed by atoms with Crippen molar-refractivity contribution in [1.29, 1.82) is 0 Å². The number of carbonyl (C=O) groups excluding carboxylic acids is 1. The Hall–Kier alpha value is -1.59. The molecule has 2 heterocycles. The molecule has 2 saturated heterocycles. The van der Waals surface area contributed by atoms with E-state index in [-0.39, 0.29) is 24.7 Å². The van der Waals surface area contributed by atoms with Crippen LogP contribution in [0.1, 0.15) is 31.2 Å². The number of hydrogen-bond acceptors (Lipinski definition) is 3. The van der Waals surface area contributed by atoms with Gasteiger partial charge in [-0.2, -0.15) is 0 Å². The molecule has 2 aliphatic rings. The molecule has 1 unspecified atom stereocenters. The fourth-order valence-corrected chi connectivity index (χ4v) is 3.63. The fraction of sp³-hybridized carbons (Fsp3) is 0.611. The molecular formula is C18H27N3O2. The second-order valence-corrected chi connectivity index (χ2v) is 6.66. The van der Waals surface area contributed by atoms with Crippen LogP contribution in [0.3, 0.4) is 0 Å². The van der Waals surface area contributed by atoms with Crippen molar-refractivity contribution in [1.82, 2.24) is 15.1 Å². The first-order valence-corrected chi connectivity index (χ1v) is 8.70. The second kappa shape index (κ2) is 7.79. The van der Waals surface area contributed by atoms with Crippen LogP contribution in [-0.4, -0.2) is 59.3 Å². The SMILES string of the molecule is O=C(NC1CCN(Cc2ccccc2)CC1)N1CCCC1CO. The Bertz CT molecular complexity index is 500. The molecule has 2 aliphatic heterocycles. The summed E-state index contributed by atoms with van der Waals surface area (Å²) in [7, 11) is 0. The van der Waals surface area contributed by atoms with Gasteiger partial charge in [-0.3, -0.25) is 4.90 Å². The Kier molecular flexibility index (Phi) is 5.51. The molecule has 2 fully saturated rings. The van der Waals surface area contributed by atoms with Crippen LogP contribution in [0.5, 0.6) is 0 Å². The highest BCUT2D eigenvalue weighted by Gasteiger charge is 2.30. The van der Waals surface area contributed by atoms with E-state index >= 15 is 0 Å².